The molecule has 1 aliphatic carbocycles. The second-order valence-electron chi connectivity index (χ2n) is 8.54. The number of hydrogen-bond acceptors (Lipinski definition) is 9. The molecule has 0 radical (unpaired) electrons. The highest BCUT2D eigenvalue weighted by atomic mass is 32.1. The van der Waals surface area contributed by atoms with E-state index in [1.807, 2.05) is 13.0 Å². The third-order valence-corrected chi connectivity index (χ3v) is 7.37. The molecule has 1 fully saturated rings. The number of methoxy groups -OCH3 is 1. The lowest BCUT2D eigenvalue weighted by Crippen LogP contribution is -2.39. The average Bonchev–Trinajstić information content (AvgIpc) is 3.32. The minimum atomic E-state index is -0.167. The van der Waals surface area contributed by atoms with Crippen molar-refractivity contribution in [1.29, 1.82) is 0 Å². The first kappa shape index (κ1) is 21.0. The predicted molar refractivity (Wildman–Crippen MR) is 125 cm³/mol. The molecule has 1 saturated heterocycles. The molecule has 0 saturated carbocycles. The van der Waals surface area contributed by atoms with Crippen LogP contribution in [0.2, 0.25) is 0 Å². The van der Waals surface area contributed by atoms with E-state index in [0.717, 1.165) is 49.6 Å². The molecule has 0 aromatic carbocycles. The fourth-order valence-electron chi connectivity index (χ4n) is 4.52. The van der Waals surface area contributed by atoms with Gasteiger partial charge in [0.1, 0.15) is 21.0 Å². The van der Waals surface area contributed by atoms with Crippen molar-refractivity contribution in [1.82, 2.24) is 20.3 Å². The molecule has 168 valence electrons. The van der Waals surface area contributed by atoms with E-state index in [-0.39, 0.29) is 24.1 Å². The van der Waals surface area contributed by atoms with E-state index < -0.39 is 0 Å². The van der Waals surface area contributed by atoms with E-state index in [0.29, 0.717) is 20.9 Å². The lowest BCUT2D eigenvalue weighted by molar-refractivity contribution is 0.0938. The lowest BCUT2D eigenvalue weighted by Gasteiger charge is -2.26. The summed E-state index contributed by atoms with van der Waals surface area (Å²) in [6.45, 7) is 3.36. The Hall–Kier alpha value is -2.82. The maximum Gasteiger partial charge on any atom is 0.263 e. The fraction of sp³-hybridized carbons (Fsp3) is 0.455. The molecule has 10 heteroatoms. The van der Waals surface area contributed by atoms with Crippen LogP contribution in [-0.2, 0) is 17.6 Å². The number of carbonyl (C=O) groups excluding carboxylic acids is 1. The maximum absolute atomic E-state index is 12.9. The molecule has 3 atom stereocenters. The summed E-state index contributed by atoms with van der Waals surface area (Å²) in [5, 5.41) is 3.15. The van der Waals surface area contributed by atoms with Gasteiger partial charge in [0.25, 0.3) is 5.91 Å². The number of ether oxygens (including phenoxy) is 1. The highest BCUT2D eigenvalue weighted by Crippen LogP contribution is 2.31. The van der Waals surface area contributed by atoms with Gasteiger partial charge in [0.15, 0.2) is 0 Å². The van der Waals surface area contributed by atoms with Crippen LogP contribution >= 0.6 is 11.3 Å². The Morgan fingerprint density at radius 2 is 2.16 bits per heavy atom. The van der Waals surface area contributed by atoms with Crippen LogP contribution in [0.3, 0.4) is 0 Å². The van der Waals surface area contributed by atoms with Crippen LogP contribution in [0.5, 0.6) is 0 Å². The smallest absolute Gasteiger partial charge is 0.263 e. The Labute approximate surface area is 190 Å². The minimum absolute atomic E-state index is 0.00641. The number of rotatable bonds is 4. The van der Waals surface area contributed by atoms with Gasteiger partial charge in [-0.05, 0) is 37.8 Å². The van der Waals surface area contributed by atoms with Gasteiger partial charge in [-0.1, -0.05) is 6.07 Å². The van der Waals surface area contributed by atoms with Crippen LogP contribution in [0.4, 0.5) is 11.5 Å². The summed E-state index contributed by atoms with van der Waals surface area (Å²) < 4.78 is 5.46. The first-order chi connectivity index (χ1) is 15.4. The van der Waals surface area contributed by atoms with Gasteiger partial charge in [0.05, 0.1) is 23.5 Å². The largest absolute Gasteiger partial charge is 0.396 e. The number of thiophene rings is 1. The molecule has 1 aliphatic heterocycles. The molecule has 9 nitrogen and oxygen atoms in total. The molecule has 5 rings (SSSR count). The summed E-state index contributed by atoms with van der Waals surface area (Å²) >= 11 is 1.29. The summed E-state index contributed by atoms with van der Waals surface area (Å²) in [4.78, 5) is 29.9. The number of nitrogens with two attached hydrogens (primary N) is 2. The number of fused-ring (bicyclic) bond motifs is 2. The highest BCUT2D eigenvalue weighted by Gasteiger charge is 2.32. The number of nitrogen functional groups attached to an aromatic ring is 1. The van der Waals surface area contributed by atoms with E-state index in [1.165, 1.54) is 16.9 Å². The number of nitrogens with one attached hydrogen (secondary N) is 1. The SMILES string of the molecule is CO[C@@H]1CN(c2ccc3c(n2)CC[C@H](NC(=O)c2sc4nc(C)cnc4c2N)C3)C[C@@H]1N. The number of carbonyl (C=O) groups is 1. The Kier molecular flexibility index (Phi) is 5.44. The number of anilines is 2. The zero-order valence-corrected chi connectivity index (χ0v) is 19.0. The Morgan fingerprint density at radius 1 is 1.31 bits per heavy atom. The summed E-state index contributed by atoms with van der Waals surface area (Å²) in [5.74, 6) is 0.772. The summed E-state index contributed by atoms with van der Waals surface area (Å²) in [6.07, 6.45) is 4.08. The minimum Gasteiger partial charge on any atom is -0.396 e. The van der Waals surface area contributed by atoms with Crippen LogP contribution in [0, 0.1) is 6.92 Å². The van der Waals surface area contributed by atoms with Crippen LogP contribution < -0.4 is 21.7 Å². The molecular weight excluding hydrogens is 426 g/mol. The van der Waals surface area contributed by atoms with Gasteiger partial charge in [0, 0.05) is 38.1 Å². The quantitative estimate of drug-likeness (QED) is 0.540. The molecular formula is C22H27N7O2S. The number of nitrogens with zero attached hydrogens (tertiary/aromatic N) is 4. The second-order valence-corrected chi connectivity index (χ2v) is 9.54. The standard InChI is InChI=1S/C22H27N7O2S/c1-11-8-25-19-18(24)20(32-22(19)26-11)21(30)27-13-4-5-15-12(7-13)3-6-17(28-15)29-9-14(23)16(10-29)31-2/h3,6,8,13-14,16H,4-5,7,9-10,23-24H2,1-2H3,(H,27,30)/t13-,14-,16+/m0/s1. The van der Waals surface area contributed by atoms with Crippen molar-refractivity contribution in [2.45, 2.75) is 44.4 Å². The first-order valence-electron chi connectivity index (χ1n) is 10.8. The van der Waals surface area contributed by atoms with Crippen LogP contribution in [-0.4, -0.2) is 59.2 Å². The van der Waals surface area contributed by atoms with Gasteiger partial charge in [-0.2, -0.15) is 0 Å². The average molecular weight is 454 g/mol. The van der Waals surface area contributed by atoms with Gasteiger partial charge in [-0.25, -0.2) is 15.0 Å². The molecule has 32 heavy (non-hydrogen) atoms. The number of aryl methyl sites for hydroxylation is 2. The number of aromatic nitrogens is 3. The van der Waals surface area contributed by atoms with Crippen molar-refractivity contribution in [3.63, 3.8) is 0 Å². The van der Waals surface area contributed by atoms with Crippen LogP contribution in [0.25, 0.3) is 10.3 Å². The van der Waals surface area contributed by atoms with Crippen molar-refractivity contribution >= 4 is 39.1 Å². The number of amides is 1. The summed E-state index contributed by atoms with van der Waals surface area (Å²) in [5.41, 5.74) is 16.4. The zero-order valence-electron chi connectivity index (χ0n) is 18.2. The van der Waals surface area contributed by atoms with Gasteiger partial charge in [0.2, 0.25) is 0 Å². The number of pyridine rings is 1. The Bertz CT molecular complexity index is 1180. The normalized spacial score (nSPS) is 22.8. The molecule has 0 unspecified atom stereocenters. The van der Waals surface area contributed by atoms with Crippen molar-refractivity contribution in [2.75, 3.05) is 30.8 Å². The first-order valence-corrected chi connectivity index (χ1v) is 11.6. The summed E-state index contributed by atoms with van der Waals surface area (Å²) in [6, 6.07) is 4.19. The van der Waals surface area contributed by atoms with Crippen LogP contribution in [0.1, 0.15) is 33.0 Å². The van der Waals surface area contributed by atoms with Crippen molar-refractivity contribution in [3.8, 4) is 0 Å². The predicted octanol–water partition coefficient (Wildman–Crippen LogP) is 1.43. The molecule has 3 aromatic rings. The van der Waals surface area contributed by atoms with Gasteiger partial charge in [-0.3, -0.25) is 4.79 Å². The van der Waals surface area contributed by atoms with E-state index >= 15 is 0 Å². The van der Waals surface area contributed by atoms with Gasteiger partial charge >= 0.3 is 0 Å². The van der Waals surface area contributed by atoms with E-state index in [2.05, 4.69) is 26.3 Å². The van der Waals surface area contributed by atoms with Gasteiger partial charge in [-0.15, -0.1) is 11.3 Å². The molecule has 0 spiro atoms. The molecule has 2 aliphatic rings. The molecule has 3 aromatic heterocycles. The molecule has 5 N–H and O–H groups in total. The third kappa shape index (κ3) is 3.78. The van der Waals surface area contributed by atoms with Gasteiger partial charge < -0.3 is 26.4 Å². The van der Waals surface area contributed by atoms with Crippen LogP contribution in [0.15, 0.2) is 18.3 Å². The van der Waals surface area contributed by atoms with E-state index in [4.69, 9.17) is 21.2 Å². The Morgan fingerprint density at radius 3 is 2.94 bits per heavy atom. The second kappa shape index (κ2) is 8.27. The maximum atomic E-state index is 12.9. The molecule has 4 heterocycles. The molecule has 1 amide bonds. The summed E-state index contributed by atoms with van der Waals surface area (Å²) in [7, 11) is 1.70. The zero-order chi connectivity index (χ0) is 22.4. The van der Waals surface area contributed by atoms with E-state index in [9.17, 15) is 4.79 Å². The number of hydrogen-bond donors (Lipinski definition) is 3. The highest BCUT2D eigenvalue weighted by molar-refractivity contribution is 7.21. The monoisotopic (exact) mass is 453 g/mol. The Balaban J connectivity index is 1.28. The third-order valence-electron chi connectivity index (χ3n) is 6.29. The molecule has 0 bridgehead atoms. The van der Waals surface area contributed by atoms with E-state index in [1.54, 1.807) is 13.3 Å². The topological polar surface area (TPSA) is 132 Å². The lowest BCUT2D eigenvalue weighted by atomic mass is 9.91. The fourth-order valence-corrected chi connectivity index (χ4v) is 5.52. The van der Waals surface area contributed by atoms with Crippen molar-refractivity contribution < 1.29 is 9.53 Å². The van der Waals surface area contributed by atoms with Crippen molar-refractivity contribution in [3.05, 3.63) is 40.2 Å². The van der Waals surface area contributed by atoms with Crippen molar-refractivity contribution in [2.24, 2.45) is 5.73 Å².